The quantitative estimate of drug-likeness (QED) is 0.170. The van der Waals surface area contributed by atoms with Crippen molar-refractivity contribution >= 4 is 17.7 Å². The van der Waals surface area contributed by atoms with Crippen LogP contribution in [0.3, 0.4) is 0 Å². The molecule has 31 heavy (non-hydrogen) atoms. The summed E-state index contributed by atoms with van der Waals surface area (Å²) in [5.41, 5.74) is 2.38. The standard InChI is InChI=1S/C24H39NO6/c1-17(2)9-11-22(25-28)18(3)8-7-14-24(6)23(31-20(5)27)12-10-21(16-30-24)13-15-29-19(4)26/h9,13,18,23,28H,7-8,10-12,14-16H2,1-6H3/b21-13+,25-22-/t18?,23-,24+/m1/s1. The maximum absolute atomic E-state index is 11.7. The molecule has 1 N–H and O–H groups in total. The van der Waals surface area contributed by atoms with Crippen LogP contribution >= 0.6 is 0 Å². The second-order valence-electron chi connectivity index (χ2n) is 8.77. The molecule has 1 rings (SSSR count). The molecule has 1 fully saturated rings. The molecule has 0 aliphatic carbocycles. The molecule has 1 saturated heterocycles. The zero-order valence-corrected chi connectivity index (χ0v) is 19.9. The summed E-state index contributed by atoms with van der Waals surface area (Å²) in [7, 11) is 0. The van der Waals surface area contributed by atoms with Crippen LogP contribution in [0.4, 0.5) is 0 Å². The van der Waals surface area contributed by atoms with Crippen LogP contribution in [-0.2, 0) is 23.8 Å². The lowest BCUT2D eigenvalue weighted by molar-refractivity contribution is -0.167. The van der Waals surface area contributed by atoms with Crippen molar-refractivity contribution in [3.8, 4) is 0 Å². The lowest BCUT2D eigenvalue weighted by Gasteiger charge is -2.35. The van der Waals surface area contributed by atoms with E-state index in [2.05, 4.69) is 18.2 Å². The van der Waals surface area contributed by atoms with Crippen LogP contribution in [-0.4, -0.2) is 47.8 Å². The van der Waals surface area contributed by atoms with Crippen molar-refractivity contribution in [1.29, 1.82) is 0 Å². The number of ether oxygens (including phenoxy) is 3. The van der Waals surface area contributed by atoms with E-state index < -0.39 is 5.60 Å². The molecule has 7 heteroatoms. The Morgan fingerprint density at radius 3 is 2.58 bits per heavy atom. The normalized spacial score (nSPS) is 24.3. The number of esters is 2. The third-order valence-electron chi connectivity index (χ3n) is 5.69. The average molecular weight is 438 g/mol. The Morgan fingerprint density at radius 2 is 2.00 bits per heavy atom. The molecule has 0 aromatic rings. The molecule has 0 radical (unpaired) electrons. The molecule has 0 spiro atoms. The van der Waals surface area contributed by atoms with E-state index >= 15 is 0 Å². The Balaban J connectivity index is 2.76. The molecule has 1 unspecified atom stereocenters. The number of oxime groups is 1. The van der Waals surface area contributed by atoms with Crippen molar-refractivity contribution in [2.24, 2.45) is 11.1 Å². The lowest BCUT2D eigenvalue weighted by atomic mass is 9.87. The number of hydrogen-bond acceptors (Lipinski definition) is 7. The Hall–Kier alpha value is -2.15. The van der Waals surface area contributed by atoms with Gasteiger partial charge in [0.2, 0.25) is 0 Å². The van der Waals surface area contributed by atoms with Gasteiger partial charge in [0.1, 0.15) is 18.3 Å². The van der Waals surface area contributed by atoms with E-state index in [9.17, 15) is 14.8 Å². The fraction of sp³-hybridized carbons (Fsp3) is 0.708. The van der Waals surface area contributed by atoms with Crippen LogP contribution in [0.1, 0.15) is 80.1 Å². The van der Waals surface area contributed by atoms with E-state index in [1.165, 1.54) is 19.4 Å². The van der Waals surface area contributed by atoms with E-state index in [1.54, 1.807) is 0 Å². The van der Waals surface area contributed by atoms with E-state index in [4.69, 9.17) is 14.2 Å². The minimum absolute atomic E-state index is 0.140. The van der Waals surface area contributed by atoms with E-state index in [0.717, 1.165) is 30.5 Å². The van der Waals surface area contributed by atoms with Gasteiger partial charge in [-0.15, -0.1) is 0 Å². The zero-order chi connectivity index (χ0) is 23.4. The minimum Gasteiger partial charge on any atom is -0.462 e. The van der Waals surface area contributed by atoms with Crippen LogP contribution in [0, 0.1) is 5.92 Å². The average Bonchev–Trinajstić information content (AvgIpc) is 2.82. The molecular formula is C24H39NO6. The van der Waals surface area contributed by atoms with Crippen molar-refractivity contribution in [2.45, 2.75) is 91.8 Å². The highest BCUT2D eigenvalue weighted by Crippen LogP contribution is 2.34. The van der Waals surface area contributed by atoms with Gasteiger partial charge in [-0.2, -0.15) is 0 Å². The molecule has 1 heterocycles. The Labute approximate surface area is 186 Å². The van der Waals surface area contributed by atoms with Gasteiger partial charge in [-0.1, -0.05) is 23.7 Å². The summed E-state index contributed by atoms with van der Waals surface area (Å²) >= 11 is 0. The zero-order valence-electron chi connectivity index (χ0n) is 19.9. The number of carbonyl (C=O) groups is 2. The second kappa shape index (κ2) is 13.3. The van der Waals surface area contributed by atoms with Crippen molar-refractivity contribution in [3.63, 3.8) is 0 Å². The second-order valence-corrected chi connectivity index (χ2v) is 8.77. The highest BCUT2D eigenvalue weighted by Gasteiger charge is 2.39. The Morgan fingerprint density at radius 1 is 1.29 bits per heavy atom. The summed E-state index contributed by atoms with van der Waals surface area (Å²) in [6.45, 7) is 11.5. The summed E-state index contributed by atoms with van der Waals surface area (Å²) in [6, 6.07) is 0. The molecule has 0 saturated carbocycles. The van der Waals surface area contributed by atoms with Gasteiger partial charge < -0.3 is 19.4 Å². The van der Waals surface area contributed by atoms with Crippen molar-refractivity contribution in [1.82, 2.24) is 0 Å². The fourth-order valence-corrected chi connectivity index (χ4v) is 3.67. The van der Waals surface area contributed by atoms with Gasteiger partial charge in [0.05, 0.1) is 12.3 Å². The van der Waals surface area contributed by atoms with E-state index in [0.29, 0.717) is 25.9 Å². The van der Waals surface area contributed by atoms with Gasteiger partial charge in [0, 0.05) is 20.3 Å². The Bertz CT molecular complexity index is 692. The SMILES string of the molecule is CC(=O)OC/C=C1\CC[C@@H](OC(C)=O)[C@](C)(CCCC(C)/C(CC=C(C)C)=N\O)OC1. The molecule has 7 nitrogen and oxygen atoms in total. The first-order valence-corrected chi connectivity index (χ1v) is 11.0. The van der Waals surface area contributed by atoms with Crippen LogP contribution < -0.4 is 0 Å². The molecule has 0 aromatic heterocycles. The minimum atomic E-state index is -0.612. The number of rotatable bonds is 10. The first-order chi connectivity index (χ1) is 14.6. The summed E-state index contributed by atoms with van der Waals surface area (Å²) < 4.78 is 16.9. The topological polar surface area (TPSA) is 94.4 Å². The van der Waals surface area contributed by atoms with Gasteiger partial charge in [-0.3, -0.25) is 9.59 Å². The highest BCUT2D eigenvalue weighted by atomic mass is 16.6. The van der Waals surface area contributed by atoms with Crippen molar-refractivity contribution in [2.75, 3.05) is 13.2 Å². The van der Waals surface area contributed by atoms with E-state index in [-0.39, 0.29) is 30.6 Å². The predicted octanol–water partition coefficient (Wildman–Crippen LogP) is 4.97. The summed E-state index contributed by atoms with van der Waals surface area (Å²) in [5, 5.41) is 12.9. The molecule has 0 amide bonds. The molecule has 3 atom stereocenters. The van der Waals surface area contributed by atoms with Crippen molar-refractivity contribution in [3.05, 3.63) is 23.3 Å². The monoisotopic (exact) mass is 437 g/mol. The number of allylic oxidation sites excluding steroid dienone is 2. The molecule has 0 aromatic carbocycles. The number of carbonyl (C=O) groups excluding carboxylic acids is 2. The van der Waals surface area contributed by atoms with Crippen molar-refractivity contribution < 1.29 is 29.0 Å². The van der Waals surface area contributed by atoms with Crippen LogP contribution in [0.5, 0.6) is 0 Å². The first kappa shape index (κ1) is 26.9. The van der Waals surface area contributed by atoms with E-state index in [1.807, 2.05) is 26.8 Å². The fourth-order valence-electron chi connectivity index (χ4n) is 3.67. The van der Waals surface area contributed by atoms with Gasteiger partial charge in [-0.05, 0) is 70.4 Å². The van der Waals surface area contributed by atoms with Crippen LogP contribution in [0.2, 0.25) is 0 Å². The summed E-state index contributed by atoms with van der Waals surface area (Å²) in [6.07, 6.45) is 7.99. The van der Waals surface area contributed by atoms with Crippen LogP contribution in [0.25, 0.3) is 0 Å². The molecule has 1 aliphatic heterocycles. The third-order valence-corrected chi connectivity index (χ3v) is 5.69. The van der Waals surface area contributed by atoms with Crippen LogP contribution in [0.15, 0.2) is 28.5 Å². The highest BCUT2D eigenvalue weighted by molar-refractivity contribution is 5.87. The van der Waals surface area contributed by atoms with Gasteiger partial charge in [0.15, 0.2) is 0 Å². The maximum Gasteiger partial charge on any atom is 0.303 e. The number of hydrogen-bond donors (Lipinski definition) is 1. The first-order valence-electron chi connectivity index (χ1n) is 11.0. The lowest BCUT2D eigenvalue weighted by Crippen LogP contribution is -2.43. The Kier molecular flexibility index (Phi) is 11.5. The molecule has 0 bridgehead atoms. The maximum atomic E-state index is 11.7. The van der Waals surface area contributed by atoms with Gasteiger partial charge in [-0.25, -0.2) is 0 Å². The predicted molar refractivity (Wildman–Crippen MR) is 120 cm³/mol. The van der Waals surface area contributed by atoms with Gasteiger partial charge in [0.25, 0.3) is 0 Å². The molecule has 1 aliphatic rings. The number of nitrogens with zero attached hydrogens (tertiary/aromatic N) is 1. The molecular weight excluding hydrogens is 398 g/mol. The summed E-state index contributed by atoms with van der Waals surface area (Å²) in [4.78, 5) is 22.7. The third kappa shape index (κ3) is 10.1. The largest absolute Gasteiger partial charge is 0.462 e. The smallest absolute Gasteiger partial charge is 0.303 e. The summed E-state index contributed by atoms with van der Waals surface area (Å²) in [5.74, 6) is -0.503. The molecule has 176 valence electrons. The van der Waals surface area contributed by atoms with Gasteiger partial charge >= 0.3 is 11.9 Å².